The van der Waals surface area contributed by atoms with Crippen LogP contribution in [0.2, 0.25) is 5.02 Å². The molecule has 0 aromatic heterocycles. The maximum absolute atomic E-state index is 12.9. The zero-order chi connectivity index (χ0) is 15.5. The fourth-order valence-corrected chi connectivity index (χ4v) is 2.40. The average molecular weight is 339 g/mol. The number of benzene rings is 1. The highest BCUT2D eigenvalue weighted by Gasteiger charge is 2.34. The van der Waals surface area contributed by atoms with E-state index in [-0.39, 0.29) is 21.9 Å². The summed E-state index contributed by atoms with van der Waals surface area (Å²) in [6.45, 7) is 1.18. The topological polar surface area (TPSA) is 33.3 Å². The Kier molecular flexibility index (Phi) is 5.29. The Hall–Kier alpha value is -1.05. The van der Waals surface area contributed by atoms with Crippen LogP contribution in [0.3, 0.4) is 0 Å². The van der Waals surface area contributed by atoms with Crippen molar-refractivity contribution in [1.82, 2.24) is 5.32 Å². The van der Waals surface area contributed by atoms with Crippen LogP contribution in [-0.4, -0.2) is 24.4 Å². The summed E-state index contributed by atoms with van der Waals surface area (Å²) in [6, 6.07) is 3.50. The SMILES string of the molecule is FC(F)(F)c1cc(Cl)ccc1NC(=S)NC[C@H]1CCCO1. The second-order valence-electron chi connectivity index (χ2n) is 4.66. The number of nitrogens with one attached hydrogen (secondary N) is 2. The van der Waals surface area contributed by atoms with Gasteiger partial charge in [-0.05, 0) is 43.3 Å². The van der Waals surface area contributed by atoms with Gasteiger partial charge >= 0.3 is 6.18 Å². The lowest BCUT2D eigenvalue weighted by Crippen LogP contribution is -2.35. The smallest absolute Gasteiger partial charge is 0.376 e. The summed E-state index contributed by atoms with van der Waals surface area (Å²) in [5.41, 5.74) is -0.979. The van der Waals surface area contributed by atoms with Gasteiger partial charge in [0, 0.05) is 18.2 Å². The van der Waals surface area contributed by atoms with Gasteiger partial charge in [-0.15, -0.1) is 0 Å². The zero-order valence-electron chi connectivity index (χ0n) is 11.0. The van der Waals surface area contributed by atoms with Crippen LogP contribution >= 0.6 is 23.8 Å². The first-order valence-corrected chi connectivity index (χ1v) is 7.18. The van der Waals surface area contributed by atoms with Crippen molar-refractivity contribution in [2.24, 2.45) is 0 Å². The van der Waals surface area contributed by atoms with Crippen molar-refractivity contribution in [2.45, 2.75) is 25.1 Å². The van der Waals surface area contributed by atoms with Crippen molar-refractivity contribution < 1.29 is 17.9 Å². The van der Waals surface area contributed by atoms with E-state index in [1.807, 2.05) is 0 Å². The van der Waals surface area contributed by atoms with Gasteiger partial charge in [-0.25, -0.2) is 0 Å². The first kappa shape index (κ1) is 16.3. The lowest BCUT2D eigenvalue weighted by Gasteiger charge is -2.17. The third kappa shape index (κ3) is 4.72. The molecular weight excluding hydrogens is 325 g/mol. The molecule has 1 aliphatic rings. The standard InChI is InChI=1S/C13H14ClF3N2OS/c14-8-3-4-11(10(6-8)13(15,16)17)19-12(21)18-7-9-2-1-5-20-9/h3-4,6,9H,1-2,5,7H2,(H2,18,19,21)/t9-/m1/s1. The molecule has 1 heterocycles. The second-order valence-corrected chi connectivity index (χ2v) is 5.50. The van der Waals surface area contributed by atoms with Crippen LogP contribution in [0, 0.1) is 0 Å². The summed E-state index contributed by atoms with van der Waals surface area (Å²) in [5.74, 6) is 0. The molecule has 1 atom stereocenters. The summed E-state index contributed by atoms with van der Waals surface area (Å²) >= 11 is 10.6. The highest BCUT2D eigenvalue weighted by atomic mass is 35.5. The van der Waals surface area contributed by atoms with Crippen LogP contribution in [0.5, 0.6) is 0 Å². The summed E-state index contributed by atoms with van der Waals surface area (Å²) in [7, 11) is 0. The van der Waals surface area contributed by atoms with Crippen molar-refractivity contribution in [3.63, 3.8) is 0 Å². The van der Waals surface area contributed by atoms with Gasteiger partial charge in [0.25, 0.3) is 0 Å². The monoisotopic (exact) mass is 338 g/mol. The number of rotatable bonds is 3. The first-order chi connectivity index (χ1) is 9.86. The molecule has 21 heavy (non-hydrogen) atoms. The Morgan fingerprint density at radius 3 is 2.81 bits per heavy atom. The normalized spacial score (nSPS) is 18.6. The van der Waals surface area contributed by atoms with Gasteiger partial charge in [-0.2, -0.15) is 13.2 Å². The Labute approximate surface area is 130 Å². The van der Waals surface area contributed by atoms with E-state index in [0.29, 0.717) is 13.2 Å². The fraction of sp³-hybridized carbons (Fsp3) is 0.462. The van der Waals surface area contributed by atoms with Gasteiger partial charge in [0.05, 0.1) is 17.4 Å². The molecule has 1 aliphatic heterocycles. The van der Waals surface area contributed by atoms with Gasteiger partial charge in [0.15, 0.2) is 5.11 Å². The number of ether oxygens (including phenoxy) is 1. The van der Waals surface area contributed by atoms with Gasteiger partial charge in [0.2, 0.25) is 0 Å². The van der Waals surface area contributed by atoms with E-state index in [9.17, 15) is 13.2 Å². The zero-order valence-corrected chi connectivity index (χ0v) is 12.5. The van der Waals surface area contributed by atoms with Crippen molar-refractivity contribution in [3.8, 4) is 0 Å². The summed E-state index contributed by atoms with van der Waals surface area (Å²) in [5, 5.41) is 5.56. The van der Waals surface area contributed by atoms with Crippen molar-refractivity contribution >= 4 is 34.6 Å². The molecule has 1 aromatic carbocycles. The average Bonchev–Trinajstić information content (AvgIpc) is 2.90. The van der Waals surface area contributed by atoms with Crippen LogP contribution in [0.4, 0.5) is 18.9 Å². The molecule has 0 unspecified atom stereocenters. The van der Waals surface area contributed by atoms with Crippen LogP contribution in [0.25, 0.3) is 0 Å². The molecule has 2 rings (SSSR count). The second kappa shape index (κ2) is 6.81. The summed E-state index contributed by atoms with van der Waals surface area (Å²) in [6.07, 6.45) is -2.54. The van der Waals surface area contributed by atoms with E-state index in [0.717, 1.165) is 18.9 Å². The molecule has 0 saturated carbocycles. The maximum atomic E-state index is 12.9. The third-order valence-electron chi connectivity index (χ3n) is 3.05. The minimum atomic E-state index is -4.50. The number of hydrogen-bond donors (Lipinski definition) is 2. The predicted molar refractivity (Wildman–Crippen MR) is 79.7 cm³/mol. The molecule has 8 heteroatoms. The number of hydrogen-bond acceptors (Lipinski definition) is 2. The van der Waals surface area contributed by atoms with Crippen LogP contribution in [-0.2, 0) is 10.9 Å². The minimum Gasteiger partial charge on any atom is -0.376 e. The molecule has 1 aromatic rings. The molecular formula is C13H14ClF3N2OS. The maximum Gasteiger partial charge on any atom is 0.418 e. The molecule has 0 bridgehead atoms. The van der Waals surface area contributed by atoms with E-state index in [4.69, 9.17) is 28.6 Å². The summed E-state index contributed by atoms with van der Waals surface area (Å²) in [4.78, 5) is 0. The van der Waals surface area contributed by atoms with E-state index in [2.05, 4.69) is 10.6 Å². The van der Waals surface area contributed by atoms with Crippen molar-refractivity contribution in [2.75, 3.05) is 18.5 Å². The van der Waals surface area contributed by atoms with Crippen LogP contribution in [0.1, 0.15) is 18.4 Å². The minimum absolute atomic E-state index is 0.0195. The first-order valence-electron chi connectivity index (χ1n) is 6.39. The molecule has 2 N–H and O–H groups in total. The van der Waals surface area contributed by atoms with Crippen LogP contribution in [0.15, 0.2) is 18.2 Å². The Morgan fingerprint density at radius 1 is 1.43 bits per heavy atom. The molecule has 0 radical (unpaired) electrons. The molecule has 3 nitrogen and oxygen atoms in total. The number of thiocarbonyl (C=S) groups is 1. The highest BCUT2D eigenvalue weighted by Crippen LogP contribution is 2.36. The number of halogens is 4. The quantitative estimate of drug-likeness (QED) is 0.821. The molecule has 0 aliphatic carbocycles. The van der Waals surface area contributed by atoms with Gasteiger partial charge in [-0.3, -0.25) is 0 Å². The van der Waals surface area contributed by atoms with Gasteiger partial charge in [-0.1, -0.05) is 11.6 Å². The van der Waals surface area contributed by atoms with Gasteiger partial charge < -0.3 is 15.4 Å². The highest BCUT2D eigenvalue weighted by molar-refractivity contribution is 7.80. The van der Waals surface area contributed by atoms with E-state index < -0.39 is 11.7 Å². The molecule has 1 fully saturated rings. The fourth-order valence-electron chi connectivity index (χ4n) is 2.04. The molecule has 1 saturated heterocycles. The Balaban J connectivity index is 1.99. The van der Waals surface area contributed by atoms with Gasteiger partial charge in [0.1, 0.15) is 0 Å². The number of alkyl halides is 3. The Morgan fingerprint density at radius 2 is 2.19 bits per heavy atom. The Bertz CT molecular complexity index is 519. The largest absolute Gasteiger partial charge is 0.418 e. The lowest BCUT2D eigenvalue weighted by atomic mass is 10.1. The lowest BCUT2D eigenvalue weighted by molar-refractivity contribution is -0.136. The van der Waals surface area contributed by atoms with E-state index >= 15 is 0 Å². The van der Waals surface area contributed by atoms with E-state index in [1.165, 1.54) is 12.1 Å². The molecule has 116 valence electrons. The van der Waals surface area contributed by atoms with Crippen molar-refractivity contribution in [3.05, 3.63) is 28.8 Å². The molecule has 0 amide bonds. The summed E-state index contributed by atoms with van der Waals surface area (Å²) < 4.78 is 44.2. The van der Waals surface area contributed by atoms with E-state index in [1.54, 1.807) is 0 Å². The van der Waals surface area contributed by atoms with Crippen LogP contribution < -0.4 is 10.6 Å². The number of anilines is 1. The van der Waals surface area contributed by atoms with Crippen molar-refractivity contribution in [1.29, 1.82) is 0 Å². The third-order valence-corrected chi connectivity index (χ3v) is 3.53. The molecule has 0 spiro atoms. The predicted octanol–water partition coefficient (Wildman–Crippen LogP) is 3.82.